The Hall–Kier alpha value is -1.86. The molecule has 5 saturated heterocycles. The molecule has 9 aliphatic rings. The first-order chi connectivity index (χ1) is 36.0. The monoisotopic (exact) mass is 1120 g/mol. The average Bonchev–Trinajstić information content (AvgIpc) is 4.06. The summed E-state index contributed by atoms with van der Waals surface area (Å²) in [5.74, 6) is -0.421. The fourth-order valence-corrected chi connectivity index (χ4v) is 16.7. The van der Waals surface area contributed by atoms with Crippen LogP contribution in [0.2, 0.25) is 0 Å². The zero-order valence-electron chi connectivity index (χ0n) is 45.4. The Morgan fingerprint density at radius 2 is 1.45 bits per heavy atom. The first kappa shape index (κ1) is 59.8. The number of carbonyl (C=O) groups is 1. The number of carbonyl (C=O) groups excluding carboxylic acids is 1. The summed E-state index contributed by atoms with van der Waals surface area (Å²) in [6, 6.07) is 0. The van der Waals surface area contributed by atoms with Crippen molar-refractivity contribution in [2.75, 3.05) is 26.9 Å². The number of methoxy groups -OCH3 is 1. The molecule has 3 saturated carbocycles. The number of ether oxygens (including phenoxy) is 10. The van der Waals surface area contributed by atoms with Crippen molar-refractivity contribution in [1.82, 2.24) is 0 Å². The smallest absolute Gasteiger partial charge is 0.313 e. The van der Waals surface area contributed by atoms with Gasteiger partial charge in [-0.25, -0.2) is 0 Å². The van der Waals surface area contributed by atoms with Gasteiger partial charge in [-0.05, 0) is 102 Å². The van der Waals surface area contributed by atoms with E-state index in [1.165, 1.54) is 25.2 Å². The van der Waals surface area contributed by atoms with Crippen LogP contribution in [-0.2, 0) is 62.3 Å². The van der Waals surface area contributed by atoms with E-state index >= 15 is 0 Å². The lowest BCUT2D eigenvalue weighted by Crippen LogP contribution is -2.66. The Morgan fingerprint density at radius 3 is 2.12 bits per heavy atom. The normalized spacial score (nSPS) is 50.4. The van der Waals surface area contributed by atoms with Crippen LogP contribution in [0.4, 0.5) is 0 Å². The molecule has 0 aromatic rings. The summed E-state index contributed by atoms with van der Waals surface area (Å²) in [7, 11) is -3.74. The van der Waals surface area contributed by atoms with E-state index in [4.69, 9.17) is 47.4 Å². The second-order valence-corrected chi connectivity index (χ2v) is 26.7. The van der Waals surface area contributed by atoms with Crippen LogP contribution in [0, 0.1) is 39.4 Å². The van der Waals surface area contributed by atoms with Crippen LogP contribution in [0.5, 0.6) is 0 Å². The topological polar surface area (TPSA) is 346 Å². The van der Waals surface area contributed by atoms with Gasteiger partial charge in [0.2, 0.25) is 0 Å². The van der Waals surface area contributed by atoms with Crippen LogP contribution in [0.1, 0.15) is 107 Å². The van der Waals surface area contributed by atoms with Crippen LogP contribution >= 0.6 is 0 Å². The average molecular weight is 1120 g/mol. The number of hydrogen-bond donors (Lipinski definition) is 10. The van der Waals surface area contributed by atoms with Crippen LogP contribution in [0.25, 0.3) is 0 Å². The lowest BCUT2D eigenvalue weighted by molar-refractivity contribution is -0.379. The molecule has 2 bridgehead atoms. The molecular weight excluding hydrogens is 1040 g/mol. The van der Waals surface area contributed by atoms with E-state index in [9.17, 15) is 63.7 Å². The van der Waals surface area contributed by atoms with Gasteiger partial charge in [-0.1, -0.05) is 51.0 Å². The van der Waals surface area contributed by atoms with Crippen molar-refractivity contribution < 1.29 is 111 Å². The Kier molecular flexibility index (Phi) is 16.9. The van der Waals surface area contributed by atoms with Gasteiger partial charge in [0.05, 0.1) is 43.0 Å². The quantitative estimate of drug-likeness (QED) is 0.0591. The van der Waals surface area contributed by atoms with Crippen LogP contribution in [0.3, 0.4) is 0 Å². The van der Waals surface area contributed by atoms with Gasteiger partial charge in [0.25, 0.3) is 10.1 Å². The molecule has 23 nitrogen and oxygen atoms in total. The molecule has 1 spiro atoms. The van der Waals surface area contributed by atoms with Crippen molar-refractivity contribution in [2.45, 2.75) is 234 Å². The molecule has 5 heterocycles. The van der Waals surface area contributed by atoms with Gasteiger partial charge in [0.15, 0.2) is 25.2 Å². The molecule has 10 N–H and O–H groups in total. The molecule has 0 radical (unpaired) electrons. The fraction of sp³-hybridized carbons (Fsp3) is 0.906. The van der Waals surface area contributed by atoms with Crippen molar-refractivity contribution in [1.29, 1.82) is 0 Å². The highest BCUT2D eigenvalue weighted by molar-refractivity contribution is 7.86. The van der Waals surface area contributed by atoms with Crippen LogP contribution in [-0.4, -0.2) is 219 Å². The number of aliphatic hydroxyl groups is 9. The minimum absolute atomic E-state index is 0.0307. The first-order valence-electron chi connectivity index (χ1n) is 27.3. The summed E-state index contributed by atoms with van der Waals surface area (Å²) in [5.41, 5.74) is -0.930. The van der Waals surface area contributed by atoms with E-state index in [0.717, 1.165) is 6.42 Å². The van der Waals surface area contributed by atoms with E-state index < -0.39 is 174 Å². The SMILES string of the molecule is COC1C(O)C(CO)OC(OC2C(O)COC(OC3C(C)OC(OC4C(OC5CCC6(C)C7CCC89C(=O)OC(CC8(C)C7=CCC6C5(C)C)C9C(C)(O)CCC=C(C)C)OCC(S(=O)(=O)O)C4O)C(O)C3O)C2O)C1O. The minimum Gasteiger partial charge on any atom is -0.461 e. The molecule has 0 amide bonds. The predicted octanol–water partition coefficient (Wildman–Crippen LogP) is 0.118. The van der Waals surface area contributed by atoms with Crippen LogP contribution < -0.4 is 0 Å². The Balaban J connectivity index is 0.889. The third-order valence-electron chi connectivity index (χ3n) is 19.9. The van der Waals surface area contributed by atoms with Gasteiger partial charge in [0, 0.05) is 18.4 Å². The number of esters is 1. The summed E-state index contributed by atoms with van der Waals surface area (Å²) < 4.78 is 94.5. The highest BCUT2D eigenvalue weighted by Gasteiger charge is 2.79. The maximum atomic E-state index is 14.2. The highest BCUT2D eigenvalue weighted by Crippen LogP contribution is 2.76. The maximum absolute atomic E-state index is 14.2. The number of fused-ring (bicyclic) bond motifs is 5. The Bertz CT molecular complexity index is 2310. The number of allylic oxidation sites excluding steroid dienone is 4. The second-order valence-electron chi connectivity index (χ2n) is 25.0. The molecule has 77 heavy (non-hydrogen) atoms. The lowest BCUT2D eigenvalue weighted by atomic mass is 9.40. The maximum Gasteiger partial charge on any atom is 0.313 e. The third kappa shape index (κ3) is 10.0. The van der Waals surface area contributed by atoms with Gasteiger partial charge in [-0.2, -0.15) is 8.42 Å². The molecule has 440 valence electrons. The van der Waals surface area contributed by atoms with Gasteiger partial charge in [-0.3, -0.25) is 9.35 Å². The minimum atomic E-state index is -4.95. The number of aliphatic hydroxyl groups excluding tert-OH is 8. The molecule has 27 atom stereocenters. The highest BCUT2D eigenvalue weighted by atomic mass is 32.2. The van der Waals surface area contributed by atoms with Gasteiger partial charge >= 0.3 is 5.97 Å². The summed E-state index contributed by atoms with van der Waals surface area (Å²) in [6.45, 7) is 14.2. The van der Waals surface area contributed by atoms with E-state index in [1.54, 1.807) is 0 Å². The molecule has 27 unspecified atom stereocenters. The second kappa shape index (κ2) is 21.7. The predicted molar refractivity (Wildman–Crippen MR) is 265 cm³/mol. The largest absolute Gasteiger partial charge is 0.461 e. The first-order valence-corrected chi connectivity index (χ1v) is 28.8. The van der Waals surface area contributed by atoms with Crippen molar-refractivity contribution >= 4 is 16.1 Å². The zero-order chi connectivity index (χ0) is 56.3. The van der Waals surface area contributed by atoms with Crippen molar-refractivity contribution in [3.8, 4) is 0 Å². The van der Waals surface area contributed by atoms with Crippen molar-refractivity contribution in [2.24, 2.45) is 39.4 Å². The summed E-state index contributed by atoms with van der Waals surface area (Å²) in [4.78, 5) is 14.2. The lowest BCUT2D eigenvalue weighted by Gasteiger charge is -2.64. The van der Waals surface area contributed by atoms with Crippen molar-refractivity contribution in [3.05, 3.63) is 23.3 Å². The van der Waals surface area contributed by atoms with Gasteiger partial charge in [-0.15, -0.1) is 0 Å². The van der Waals surface area contributed by atoms with Gasteiger partial charge in [0.1, 0.15) is 84.6 Å². The summed E-state index contributed by atoms with van der Waals surface area (Å²) >= 11 is 0. The third-order valence-corrected chi connectivity index (χ3v) is 21.1. The van der Waals surface area contributed by atoms with Crippen molar-refractivity contribution in [3.63, 3.8) is 0 Å². The number of hydrogen-bond acceptors (Lipinski definition) is 22. The molecule has 0 aromatic heterocycles. The fourth-order valence-electron chi connectivity index (χ4n) is 15.9. The molecule has 9 rings (SSSR count). The van der Waals surface area contributed by atoms with Gasteiger partial charge < -0.3 is 93.3 Å². The molecule has 5 aliphatic heterocycles. The Labute approximate surface area is 449 Å². The van der Waals surface area contributed by atoms with Crippen LogP contribution in [0.15, 0.2) is 23.3 Å². The zero-order valence-corrected chi connectivity index (χ0v) is 46.2. The molecule has 24 heteroatoms. The van der Waals surface area contributed by atoms with E-state index in [-0.39, 0.29) is 29.1 Å². The standard InChI is InChI=1S/C53H84O23S/c1-23(2)11-10-16-52(8,63)43-28-19-51(7)26-12-13-31-49(4,5)32(15-17-50(31,6)25(26)14-18-53(43,51)48(62)72-28)73-47-42(34(57)30(22-69-47)77(64,65)66)76-45-36(59)35(58)39(24(3)70-45)74-44-37(60)40(27(55)21-68-44)75-46-38(61)41(67-9)33(56)29(20-54)71-46/h11-12,24-25,27-47,54-61,63H,10,13-22H2,1-9H3,(H,64,65,66). The number of rotatable bonds is 15. The molecule has 8 fully saturated rings. The Morgan fingerprint density at radius 1 is 0.805 bits per heavy atom. The molecular formula is C53H84O23S. The summed E-state index contributed by atoms with van der Waals surface area (Å²) in [5, 5.41) is 98.3. The van der Waals surface area contributed by atoms with E-state index in [1.807, 2.05) is 20.8 Å². The van der Waals surface area contributed by atoms with E-state index in [2.05, 4.69) is 39.8 Å². The summed E-state index contributed by atoms with van der Waals surface area (Å²) in [6.07, 6.45) is -18.8. The molecule has 4 aliphatic carbocycles. The molecule has 0 aromatic carbocycles. The van der Waals surface area contributed by atoms with E-state index in [0.29, 0.717) is 44.9 Å².